The van der Waals surface area contributed by atoms with Crippen LogP contribution in [-0.2, 0) is 11.0 Å². The number of rotatable bonds is 7. The number of nitrogens with zero attached hydrogens (tertiary/aromatic N) is 2. The SMILES string of the molecule is CCN(CC)c1ccc2c(c1)Oc1cc(N(CC)CC)ccc1C21CC(C)(C)c2cc(OC)ccc2O1. The zero-order chi connectivity index (χ0) is 26.4. The molecule has 0 fully saturated rings. The van der Waals surface area contributed by atoms with Gasteiger partial charge < -0.3 is 24.0 Å². The Morgan fingerprint density at radius 2 is 1.24 bits per heavy atom. The predicted octanol–water partition coefficient (Wildman–Crippen LogP) is 7.50. The minimum atomic E-state index is -0.655. The Hall–Kier alpha value is -3.34. The number of hydrogen-bond acceptors (Lipinski definition) is 5. The highest BCUT2D eigenvalue weighted by Gasteiger charge is 2.52. The monoisotopic (exact) mass is 500 g/mol. The lowest BCUT2D eigenvalue weighted by atomic mass is 9.67. The Labute approximate surface area is 222 Å². The molecule has 2 heterocycles. The molecule has 5 rings (SSSR count). The lowest BCUT2D eigenvalue weighted by Gasteiger charge is -2.49. The van der Waals surface area contributed by atoms with Crippen molar-refractivity contribution in [3.8, 4) is 23.0 Å². The Morgan fingerprint density at radius 3 is 1.73 bits per heavy atom. The number of anilines is 2. The summed E-state index contributed by atoms with van der Waals surface area (Å²) in [6.45, 7) is 17.2. The van der Waals surface area contributed by atoms with Crippen molar-refractivity contribution in [3.63, 3.8) is 0 Å². The molecule has 0 N–H and O–H groups in total. The van der Waals surface area contributed by atoms with Gasteiger partial charge in [-0.15, -0.1) is 0 Å². The summed E-state index contributed by atoms with van der Waals surface area (Å²) in [4.78, 5) is 4.71. The number of methoxy groups -OCH3 is 1. The van der Waals surface area contributed by atoms with E-state index in [0.717, 1.165) is 66.7 Å². The van der Waals surface area contributed by atoms with E-state index >= 15 is 0 Å². The van der Waals surface area contributed by atoms with Gasteiger partial charge in [-0.1, -0.05) is 13.8 Å². The number of ether oxygens (including phenoxy) is 3. The van der Waals surface area contributed by atoms with Crippen molar-refractivity contribution in [2.45, 2.75) is 59.0 Å². The first kappa shape index (κ1) is 25.3. The number of hydrogen-bond donors (Lipinski definition) is 0. The second-order valence-electron chi connectivity index (χ2n) is 10.7. The zero-order valence-electron chi connectivity index (χ0n) is 23.4. The molecule has 5 heteroatoms. The second kappa shape index (κ2) is 9.51. The molecule has 0 saturated heterocycles. The van der Waals surface area contributed by atoms with Crippen LogP contribution in [-0.4, -0.2) is 33.3 Å². The van der Waals surface area contributed by atoms with Gasteiger partial charge in [0.2, 0.25) is 0 Å². The summed E-state index contributed by atoms with van der Waals surface area (Å²) in [5.41, 5.74) is 4.87. The molecule has 0 bridgehead atoms. The van der Waals surface area contributed by atoms with Gasteiger partial charge in [0, 0.05) is 72.8 Å². The van der Waals surface area contributed by atoms with Crippen LogP contribution in [0.2, 0.25) is 0 Å². The molecule has 37 heavy (non-hydrogen) atoms. The van der Waals surface area contributed by atoms with E-state index in [1.807, 2.05) is 6.07 Å². The third-order valence-electron chi connectivity index (χ3n) is 8.17. The third kappa shape index (κ3) is 4.09. The smallest absolute Gasteiger partial charge is 0.167 e. The van der Waals surface area contributed by atoms with E-state index in [4.69, 9.17) is 14.2 Å². The van der Waals surface area contributed by atoms with Gasteiger partial charge in [-0.05, 0) is 75.6 Å². The van der Waals surface area contributed by atoms with Crippen molar-refractivity contribution >= 4 is 11.4 Å². The van der Waals surface area contributed by atoms with E-state index in [9.17, 15) is 0 Å². The number of benzene rings is 3. The van der Waals surface area contributed by atoms with Crippen LogP contribution in [0.3, 0.4) is 0 Å². The van der Waals surface area contributed by atoms with Crippen LogP contribution in [0, 0.1) is 0 Å². The van der Waals surface area contributed by atoms with Gasteiger partial charge in [0.25, 0.3) is 0 Å². The molecule has 5 nitrogen and oxygen atoms in total. The molecular formula is C32H40N2O3. The first-order valence-electron chi connectivity index (χ1n) is 13.6. The van der Waals surface area contributed by atoms with Gasteiger partial charge in [0.05, 0.1) is 7.11 Å². The average Bonchev–Trinajstić information content (AvgIpc) is 2.89. The summed E-state index contributed by atoms with van der Waals surface area (Å²) in [6.07, 6.45) is 0.790. The van der Waals surface area contributed by atoms with E-state index < -0.39 is 5.60 Å². The third-order valence-corrected chi connectivity index (χ3v) is 8.17. The largest absolute Gasteiger partial charge is 0.497 e. The first-order chi connectivity index (χ1) is 17.8. The molecule has 3 aromatic carbocycles. The standard InChI is InChI=1S/C32H40N2O3/c1-8-33(9-2)22-12-15-25-29(18-22)36-30-19-23(34(10-3)11-4)13-16-26(30)32(25)21-31(5,6)27-20-24(35-7)14-17-28(27)37-32/h12-20H,8-11,21H2,1-7H3. The van der Waals surface area contributed by atoms with Gasteiger partial charge in [-0.3, -0.25) is 0 Å². The Kier molecular flexibility index (Phi) is 6.51. The van der Waals surface area contributed by atoms with Crippen LogP contribution >= 0.6 is 0 Å². The summed E-state index contributed by atoms with van der Waals surface area (Å²) < 4.78 is 19.3. The minimum Gasteiger partial charge on any atom is -0.497 e. The van der Waals surface area contributed by atoms with E-state index in [0.29, 0.717) is 0 Å². The van der Waals surface area contributed by atoms with Crippen LogP contribution in [0.1, 0.15) is 64.7 Å². The Morgan fingerprint density at radius 1 is 0.703 bits per heavy atom. The maximum Gasteiger partial charge on any atom is 0.167 e. The molecule has 196 valence electrons. The van der Waals surface area contributed by atoms with Crippen LogP contribution in [0.4, 0.5) is 11.4 Å². The van der Waals surface area contributed by atoms with Crippen molar-refractivity contribution in [2.75, 3.05) is 43.1 Å². The maximum atomic E-state index is 7.09. The molecular weight excluding hydrogens is 460 g/mol. The molecule has 2 aliphatic heterocycles. The highest BCUT2D eigenvalue weighted by molar-refractivity contribution is 5.67. The van der Waals surface area contributed by atoms with Crippen molar-refractivity contribution in [2.24, 2.45) is 0 Å². The lowest BCUT2D eigenvalue weighted by Crippen LogP contribution is -2.46. The molecule has 0 aromatic heterocycles. The summed E-state index contributed by atoms with van der Waals surface area (Å²) in [5.74, 6) is 3.51. The predicted molar refractivity (Wildman–Crippen MR) is 152 cm³/mol. The van der Waals surface area contributed by atoms with Gasteiger partial charge in [-0.2, -0.15) is 0 Å². The van der Waals surface area contributed by atoms with Gasteiger partial charge in [-0.25, -0.2) is 0 Å². The summed E-state index contributed by atoms with van der Waals surface area (Å²) in [6, 6.07) is 19.4. The van der Waals surface area contributed by atoms with Crippen LogP contribution in [0.5, 0.6) is 23.0 Å². The van der Waals surface area contributed by atoms with Gasteiger partial charge in [0.15, 0.2) is 5.60 Å². The summed E-state index contributed by atoms with van der Waals surface area (Å²) >= 11 is 0. The zero-order valence-corrected chi connectivity index (χ0v) is 23.4. The van der Waals surface area contributed by atoms with E-state index in [1.54, 1.807) is 7.11 Å². The molecule has 0 atom stereocenters. The number of fused-ring (bicyclic) bond motifs is 5. The van der Waals surface area contributed by atoms with Crippen molar-refractivity contribution in [1.82, 2.24) is 0 Å². The second-order valence-corrected chi connectivity index (χ2v) is 10.7. The molecule has 0 saturated carbocycles. The van der Waals surface area contributed by atoms with Crippen molar-refractivity contribution in [3.05, 3.63) is 71.3 Å². The van der Waals surface area contributed by atoms with Crippen LogP contribution < -0.4 is 24.0 Å². The fourth-order valence-electron chi connectivity index (χ4n) is 6.19. The van der Waals surface area contributed by atoms with Crippen LogP contribution in [0.25, 0.3) is 0 Å². The molecule has 2 aliphatic rings. The summed E-state index contributed by atoms with van der Waals surface area (Å²) in [5, 5.41) is 0. The molecule has 3 aromatic rings. The average molecular weight is 501 g/mol. The van der Waals surface area contributed by atoms with Crippen LogP contribution in [0.15, 0.2) is 54.6 Å². The minimum absolute atomic E-state index is 0.150. The van der Waals surface area contributed by atoms with Crippen molar-refractivity contribution < 1.29 is 14.2 Å². The van der Waals surface area contributed by atoms with Gasteiger partial charge in [0.1, 0.15) is 23.0 Å². The maximum absolute atomic E-state index is 7.09. The Bertz CT molecular complexity index is 1230. The van der Waals surface area contributed by atoms with E-state index in [2.05, 4.69) is 99.9 Å². The highest BCUT2D eigenvalue weighted by atomic mass is 16.5. The first-order valence-corrected chi connectivity index (χ1v) is 13.6. The van der Waals surface area contributed by atoms with Gasteiger partial charge >= 0.3 is 0 Å². The molecule has 0 amide bonds. The topological polar surface area (TPSA) is 34.2 Å². The normalized spacial score (nSPS) is 16.1. The Balaban J connectivity index is 1.73. The molecule has 0 radical (unpaired) electrons. The van der Waals surface area contributed by atoms with Crippen molar-refractivity contribution in [1.29, 1.82) is 0 Å². The summed E-state index contributed by atoms with van der Waals surface area (Å²) in [7, 11) is 1.71. The molecule has 0 unspecified atom stereocenters. The van der Waals surface area contributed by atoms with E-state index in [-0.39, 0.29) is 5.41 Å². The lowest BCUT2D eigenvalue weighted by molar-refractivity contribution is 0.0439. The molecule has 1 spiro atoms. The quantitative estimate of drug-likeness (QED) is 0.336. The van der Waals surface area contributed by atoms with E-state index in [1.165, 1.54) is 16.9 Å². The highest BCUT2D eigenvalue weighted by Crippen LogP contribution is 2.59. The molecule has 0 aliphatic carbocycles. The fourth-order valence-corrected chi connectivity index (χ4v) is 6.19. The fraction of sp³-hybridized carbons (Fsp3) is 0.438.